The van der Waals surface area contributed by atoms with Crippen LogP contribution in [0, 0.1) is 10.1 Å². The van der Waals surface area contributed by atoms with Crippen molar-refractivity contribution in [2.24, 2.45) is 0 Å². The molecule has 1 atom stereocenters. The molecule has 0 heterocycles. The quantitative estimate of drug-likeness (QED) is 0.666. The van der Waals surface area contributed by atoms with E-state index in [0.717, 1.165) is 11.1 Å². The lowest BCUT2D eigenvalue weighted by atomic mass is 10.1. The molecule has 2 aromatic rings. The Labute approximate surface area is 122 Å². The zero-order chi connectivity index (χ0) is 14.5. The Morgan fingerprint density at radius 1 is 1.25 bits per heavy atom. The predicted molar refractivity (Wildman–Crippen MR) is 79.8 cm³/mol. The van der Waals surface area contributed by atoms with E-state index >= 15 is 0 Å². The van der Waals surface area contributed by atoms with E-state index in [9.17, 15) is 10.1 Å². The summed E-state index contributed by atoms with van der Waals surface area (Å²) in [4.78, 5) is 10.4. The average Bonchev–Trinajstić information content (AvgIpc) is 2.46. The number of halogens is 1. The maximum Gasteiger partial charge on any atom is 0.269 e. The Morgan fingerprint density at radius 2 is 1.95 bits per heavy atom. The van der Waals surface area contributed by atoms with E-state index < -0.39 is 0 Å². The van der Waals surface area contributed by atoms with Crippen LogP contribution in [0.1, 0.15) is 24.1 Å². The zero-order valence-corrected chi connectivity index (χ0v) is 11.8. The summed E-state index contributed by atoms with van der Waals surface area (Å²) in [6, 6.07) is 14.3. The monoisotopic (exact) mass is 290 g/mol. The lowest BCUT2D eigenvalue weighted by Gasteiger charge is -2.14. The van der Waals surface area contributed by atoms with Gasteiger partial charge in [0.25, 0.3) is 5.69 Å². The Morgan fingerprint density at radius 3 is 2.60 bits per heavy atom. The van der Waals surface area contributed by atoms with Gasteiger partial charge in [0, 0.05) is 29.7 Å². The maximum atomic E-state index is 10.8. The largest absolute Gasteiger partial charge is 0.306 e. The molecule has 5 heteroatoms. The highest BCUT2D eigenvalue weighted by atomic mass is 35.5. The second-order valence-corrected chi connectivity index (χ2v) is 5.02. The number of rotatable bonds is 5. The first-order chi connectivity index (χ1) is 9.56. The highest BCUT2D eigenvalue weighted by molar-refractivity contribution is 6.30. The second kappa shape index (κ2) is 6.50. The fourth-order valence-electron chi connectivity index (χ4n) is 1.90. The van der Waals surface area contributed by atoms with Crippen LogP contribution in [0.5, 0.6) is 0 Å². The molecule has 0 spiro atoms. The summed E-state index contributed by atoms with van der Waals surface area (Å²) < 4.78 is 0. The Bertz CT molecular complexity index is 599. The number of nitrogens with zero attached hydrogens (tertiary/aromatic N) is 1. The molecule has 0 aliphatic carbocycles. The summed E-state index contributed by atoms with van der Waals surface area (Å²) in [5, 5.41) is 14.8. The molecule has 0 radical (unpaired) electrons. The van der Waals surface area contributed by atoms with Gasteiger partial charge in [0.1, 0.15) is 0 Å². The van der Waals surface area contributed by atoms with Crippen LogP contribution in [-0.2, 0) is 6.54 Å². The van der Waals surface area contributed by atoms with Gasteiger partial charge in [-0.25, -0.2) is 0 Å². The highest BCUT2D eigenvalue weighted by Gasteiger charge is 2.10. The summed E-state index contributed by atoms with van der Waals surface area (Å²) in [7, 11) is 0. The van der Waals surface area contributed by atoms with Gasteiger partial charge >= 0.3 is 0 Å². The van der Waals surface area contributed by atoms with Gasteiger partial charge in [-0.1, -0.05) is 35.9 Å². The smallest absolute Gasteiger partial charge is 0.269 e. The first-order valence-electron chi connectivity index (χ1n) is 6.28. The molecular formula is C15H15ClN2O2. The van der Waals surface area contributed by atoms with Gasteiger partial charge in [0.15, 0.2) is 0 Å². The third kappa shape index (κ3) is 3.79. The standard InChI is InChI=1S/C15H15ClN2O2/c1-11(13-3-2-4-15(9-13)18(19)20)17-10-12-5-7-14(16)8-6-12/h2-9,11,17H,10H2,1H3. The molecule has 0 bridgehead atoms. The Hall–Kier alpha value is -1.91. The van der Waals surface area contributed by atoms with Gasteiger partial charge in [-0.05, 0) is 30.2 Å². The minimum atomic E-state index is -0.380. The van der Waals surface area contributed by atoms with Crippen LogP contribution < -0.4 is 5.32 Å². The van der Waals surface area contributed by atoms with Crippen molar-refractivity contribution in [2.45, 2.75) is 19.5 Å². The van der Waals surface area contributed by atoms with Gasteiger partial charge in [0.05, 0.1) is 4.92 Å². The van der Waals surface area contributed by atoms with E-state index in [1.54, 1.807) is 12.1 Å². The molecular weight excluding hydrogens is 276 g/mol. The summed E-state index contributed by atoms with van der Waals surface area (Å²) in [6.45, 7) is 2.66. The molecule has 20 heavy (non-hydrogen) atoms. The summed E-state index contributed by atoms with van der Waals surface area (Å²) >= 11 is 5.83. The summed E-state index contributed by atoms with van der Waals surface area (Å²) in [5.74, 6) is 0. The lowest BCUT2D eigenvalue weighted by molar-refractivity contribution is -0.384. The Balaban J connectivity index is 2.01. The zero-order valence-electron chi connectivity index (χ0n) is 11.0. The van der Waals surface area contributed by atoms with E-state index in [4.69, 9.17) is 11.6 Å². The minimum absolute atomic E-state index is 0.0329. The molecule has 0 amide bonds. The molecule has 1 unspecified atom stereocenters. The average molecular weight is 291 g/mol. The van der Waals surface area contributed by atoms with Crippen LogP contribution in [0.2, 0.25) is 5.02 Å². The number of nitro groups is 1. The van der Waals surface area contributed by atoms with Crippen LogP contribution in [0.25, 0.3) is 0 Å². The number of benzene rings is 2. The Kier molecular flexibility index (Phi) is 4.71. The van der Waals surface area contributed by atoms with Crippen LogP contribution in [0.15, 0.2) is 48.5 Å². The fraction of sp³-hybridized carbons (Fsp3) is 0.200. The number of nitrogens with one attached hydrogen (secondary N) is 1. The summed E-state index contributed by atoms with van der Waals surface area (Å²) in [5.41, 5.74) is 2.13. The first kappa shape index (κ1) is 14.5. The van der Waals surface area contributed by atoms with E-state index in [1.807, 2.05) is 37.3 Å². The lowest BCUT2D eigenvalue weighted by Crippen LogP contribution is -2.18. The van der Waals surface area contributed by atoms with Crippen LogP contribution >= 0.6 is 11.6 Å². The van der Waals surface area contributed by atoms with Crippen molar-refractivity contribution in [3.8, 4) is 0 Å². The van der Waals surface area contributed by atoms with E-state index in [2.05, 4.69) is 5.32 Å². The van der Waals surface area contributed by atoms with Gasteiger partial charge in [-0.2, -0.15) is 0 Å². The predicted octanol–water partition coefficient (Wildman–Crippen LogP) is 4.10. The van der Waals surface area contributed by atoms with Crippen molar-refractivity contribution < 1.29 is 4.92 Å². The molecule has 0 saturated carbocycles. The third-order valence-corrected chi connectivity index (χ3v) is 3.36. The molecule has 1 N–H and O–H groups in total. The van der Waals surface area contributed by atoms with Crippen LogP contribution in [0.4, 0.5) is 5.69 Å². The highest BCUT2D eigenvalue weighted by Crippen LogP contribution is 2.19. The molecule has 0 fully saturated rings. The molecule has 2 aromatic carbocycles. The number of nitro benzene ring substituents is 1. The molecule has 0 saturated heterocycles. The molecule has 0 aliphatic rings. The first-order valence-corrected chi connectivity index (χ1v) is 6.66. The maximum absolute atomic E-state index is 10.8. The van der Waals surface area contributed by atoms with Gasteiger partial charge < -0.3 is 5.32 Å². The van der Waals surface area contributed by atoms with E-state index in [0.29, 0.717) is 11.6 Å². The van der Waals surface area contributed by atoms with Crippen molar-refractivity contribution in [2.75, 3.05) is 0 Å². The SMILES string of the molecule is CC(NCc1ccc(Cl)cc1)c1cccc([N+](=O)[O-])c1. The van der Waals surface area contributed by atoms with Crippen molar-refractivity contribution in [3.63, 3.8) is 0 Å². The fourth-order valence-corrected chi connectivity index (χ4v) is 2.02. The topological polar surface area (TPSA) is 55.2 Å². The third-order valence-electron chi connectivity index (χ3n) is 3.11. The molecule has 2 rings (SSSR count). The van der Waals surface area contributed by atoms with Crippen molar-refractivity contribution in [3.05, 3.63) is 74.8 Å². The molecule has 104 valence electrons. The normalized spacial score (nSPS) is 12.1. The van der Waals surface area contributed by atoms with Gasteiger partial charge in [-0.3, -0.25) is 10.1 Å². The van der Waals surface area contributed by atoms with Gasteiger partial charge in [-0.15, -0.1) is 0 Å². The molecule has 0 aromatic heterocycles. The second-order valence-electron chi connectivity index (χ2n) is 4.58. The van der Waals surface area contributed by atoms with Crippen molar-refractivity contribution in [1.29, 1.82) is 0 Å². The number of non-ortho nitro benzene ring substituents is 1. The van der Waals surface area contributed by atoms with E-state index in [-0.39, 0.29) is 16.7 Å². The van der Waals surface area contributed by atoms with E-state index in [1.165, 1.54) is 6.07 Å². The van der Waals surface area contributed by atoms with Gasteiger partial charge in [0.2, 0.25) is 0 Å². The van der Waals surface area contributed by atoms with Crippen LogP contribution in [-0.4, -0.2) is 4.92 Å². The molecule has 4 nitrogen and oxygen atoms in total. The number of hydrogen-bond acceptors (Lipinski definition) is 3. The van der Waals surface area contributed by atoms with Crippen molar-refractivity contribution in [1.82, 2.24) is 5.32 Å². The summed E-state index contributed by atoms with van der Waals surface area (Å²) in [6.07, 6.45) is 0. The number of hydrogen-bond donors (Lipinski definition) is 1. The van der Waals surface area contributed by atoms with Crippen molar-refractivity contribution >= 4 is 17.3 Å². The minimum Gasteiger partial charge on any atom is -0.306 e. The van der Waals surface area contributed by atoms with Crippen LogP contribution in [0.3, 0.4) is 0 Å². The molecule has 0 aliphatic heterocycles.